The van der Waals surface area contributed by atoms with Crippen LogP contribution < -0.4 is 0 Å². The van der Waals surface area contributed by atoms with Crippen molar-refractivity contribution in [2.75, 3.05) is 0 Å². The van der Waals surface area contributed by atoms with Crippen molar-refractivity contribution in [2.24, 2.45) is 5.92 Å². The molecule has 0 nitrogen and oxygen atoms in total. The monoisotopic (exact) mass is 184 g/mol. The summed E-state index contributed by atoms with van der Waals surface area (Å²) in [6, 6.07) is 0. The third kappa shape index (κ3) is 11.5. The van der Waals surface area contributed by atoms with Crippen molar-refractivity contribution in [1.29, 1.82) is 0 Å². The second-order valence-corrected chi connectivity index (χ2v) is 2.47. The molecule has 80 valence electrons. The minimum Gasteiger partial charge on any atom is -0.106 e. The summed E-state index contributed by atoms with van der Waals surface area (Å²) in [7, 11) is 0. The summed E-state index contributed by atoms with van der Waals surface area (Å²) in [6.45, 7) is 20.0. The molecule has 0 N–H and O–H groups in total. The standard InChI is InChI=1S/C7H12.2C2H6.C2H4/c1-6(2)7-4-3-5-7;3*1-2/h7H,1,3-5H2,2H3;2*1-2H3;1-2H2. The maximum absolute atomic E-state index is 3.88. The molecule has 0 saturated heterocycles. The molecule has 0 atom stereocenters. The van der Waals surface area contributed by atoms with Gasteiger partial charge >= 0.3 is 0 Å². The van der Waals surface area contributed by atoms with Gasteiger partial charge in [0.2, 0.25) is 0 Å². The van der Waals surface area contributed by atoms with E-state index < -0.39 is 0 Å². The fraction of sp³-hybridized carbons (Fsp3) is 0.692. The summed E-state index contributed by atoms with van der Waals surface area (Å²) in [6.07, 6.45) is 4.22. The Bertz CT molecular complexity index is 88.2. The van der Waals surface area contributed by atoms with Gasteiger partial charge in [-0.25, -0.2) is 0 Å². The van der Waals surface area contributed by atoms with Crippen LogP contribution in [-0.2, 0) is 0 Å². The van der Waals surface area contributed by atoms with Crippen LogP contribution in [0.3, 0.4) is 0 Å². The minimum atomic E-state index is 0.889. The molecule has 1 aliphatic carbocycles. The van der Waals surface area contributed by atoms with E-state index in [0.717, 1.165) is 5.92 Å². The van der Waals surface area contributed by atoms with E-state index in [2.05, 4.69) is 26.7 Å². The number of hydrogen-bond acceptors (Lipinski definition) is 0. The van der Waals surface area contributed by atoms with Crippen LogP contribution in [0.4, 0.5) is 0 Å². The summed E-state index contributed by atoms with van der Waals surface area (Å²) in [5.74, 6) is 0.889. The lowest BCUT2D eigenvalue weighted by atomic mass is 9.81. The molecule has 0 bridgehead atoms. The van der Waals surface area contributed by atoms with E-state index in [1.165, 1.54) is 24.8 Å². The number of allylic oxidation sites excluding steroid dienone is 1. The molecular weight excluding hydrogens is 156 g/mol. The maximum Gasteiger partial charge on any atom is -0.0209 e. The molecule has 0 aromatic rings. The third-order valence-corrected chi connectivity index (χ3v) is 1.80. The van der Waals surface area contributed by atoms with Crippen molar-refractivity contribution >= 4 is 0 Å². The quantitative estimate of drug-likeness (QED) is 0.490. The van der Waals surface area contributed by atoms with Gasteiger partial charge in [-0.05, 0) is 25.7 Å². The van der Waals surface area contributed by atoms with Crippen molar-refractivity contribution in [3.8, 4) is 0 Å². The van der Waals surface area contributed by atoms with E-state index in [-0.39, 0.29) is 0 Å². The van der Waals surface area contributed by atoms with Gasteiger partial charge in [0.05, 0.1) is 0 Å². The summed E-state index contributed by atoms with van der Waals surface area (Å²) in [4.78, 5) is 0. The van der Waals surface area contributed by atoms with Crippen LogP contribution in [0, 0.1) is 5.92 Å². The lowest BCUT2D eigenvalue weighted by molar-refractivity contribution is 0.369. The molecule has 0 amide bonds. The van der Waals surface area contributed by atoms with Crippen molar-refractivity contribution in [3.05, 3.63) is 25.3 Å². The second kappa shape index (κ2) is 17.5. The minimum absolute atomic E-state index is 0.889. The topological polar surface area (TPSA) is 0 Å². The summed E-state index contributed by atoms with van der Waals surface area (Å²) in [5.41, 5.74) is 1.38. The molecule has 1 saturated carbocycles. The molecule has 0 radical (unpaired) electrons. The van der Waals surface area contributed by atoms with Crippen LogP contribution in [-0.4, -0.2) is 0 Å². The van der Waals surface area contributed by atoms with Gasteiger partial charge in [0.1, 0.15) is 0 Å². The first-order chi connectivity index (χ1) is 6.30. The molecule has 0 unspecified atom stereocenters. The first-order valence-electron chi connectivity index (χ1n) is 5.46. The Labute approximate surface area is 85.8 Å². The molecule has 0 heteroatoms. The normalized spacial score (nSPS) is 12.7. The van der Waals surface area contributed by atoms with Crippen LogP contribution in [0.2, 0.25) is 0 Å². The Morgan fingerprint density at radius 2 is 1.31 bits per heavy atom. The van der Waals surface area contributed by atoms with Crippen LogP contribution in [0.5, 0.6) is 0 Å². The van der Waals surface area contributed by atoms with Crippen LogP contribution in [0.25, 0.3) is 0 Å². The zero-order chi connectivity index (χ0) is 11.3. The van der Waals surface area contributed by atoms with Crippen molar-refractivity contribution in [2.45, 2.75) is 53.9 Å². The maximum atomic E-state index is 3.88. The van der Waals surface area contributed by atoms with Crippen molar-refractivity contribution in [1.82, 2.24) is 0 Å². The predicted octanol–water partition coefficient (Wildman–Crippen LogP) is 5.22. The highest BCUT2D eigenvalue weighted by Crippen LogP contribution is 2.31. The van der Waals surface area contributed by atoms with Gasteiger partial charge in [-0.2, -0.15) is 0 Å². The lowest BCUT2D eigenvalue weighted by Crippen LogP contribution is -2.10. The van der Waals surface area contributed by atoms with Gasteiger partial charge < -0.3 is 0 Å². The Kier molecular flexibility index (Phi) is 24.7. The molecule has 0 aromatic heterocycles. The van der Waals surface area contributed by atoms with Crippen LogP contribution >= 0.6 is 0 Å². The highest BCUT2D eigenvalue weighted by molar-refractivity contribution is 4.99. The van der Waals surface area contributed by atoms with E-state index >= 15 is 0 Å². The molecular formula is C13H28. The van der Waals surface area contributed by atoms with Crippen LogP contribution in [0.1, 0.15) is 53.9 Å². The van der Waals surface area contributed by atoms with Crippen molar-refractivity contribution in [3.63, 3.8) is 0 Å². The number of hydrogen-bond donors (Lipinski definition) is 0. The van der Waals surface area contributed by atoms with Gasteiger partial charge in [0, 0.05) is 0 Å². The van der Waals surface area contributed by atoms with Crippen LogP contribution in [0.15, 0.2) is 25.3 Å². The van der Waals surface area contributed by atoms with Gasteiger partial charge in [-0.15, -0.1) is 13.2 Å². The Hall–Kier alpha value is -0.520. The molecule has 0 heterocycles. The molecule has 0 spiro atoms. The largest absolute Gasteiger partial charge is 0.106 e. The van der Waals surface area contributed by atoms with Gasteiger partial charge in [-0.3, -0.25) is 0 Å². The summed E-state index contributed by atoms with van der Waals surface area (Å²) < 4.78 is 0. The van der Waals surface area contributed by atoms with E-state index in [1.807, 2.05) is 27.7 Å². The highest BCUT2D eigenvalue weighted by atomic mass is 14.2. The summed E-state index contributed by atoms with van der Waals surface area (Å²) >= 11 is 0. The Balaban J connectivity index is -0.000000144. The SMILES string of the molecule is C=C.C=C(C)C1CCC1.CC.CC. The molecule has 1 rings (SSSR count). The predicted molar refractivity (Wildman–Crippen MR) is 66.1 cm³/mol. The Morgan fingerprint density at radius 3 is 1.31 bits per heavy atom. The smallest absolute Gasteiger partial charge is 0.0209 e. The number of rotatable bonds is 1. The summed E-state index contributed by atoms with van der Waals surface area (Å²) in [5, 5.41) is 0. The third-order valence-electron chi connectivity index (χ3n) is 1.80. The molecule has 1 aliphatic rings. The van der Waals surface area contributed by atoms with E-state index in [9.17, 15) is 0 Å². The van der Waals surface area contributed by atoms with Gasteiger partial charge in [0.15, 0.2) is 0 Å². The highest BCUT2D eigenvalue weighted by Gasteiger charge is 2.16. The average Bonchev–Trinajstić information content (AvgIpc) is 2.11. The lowest BCUT2D eigenvalue weighted by Gasteiger charge is -2.25. The zero-order valence-corrected chi connectivity index (χ0v) is 10.3. The van der Waals surface area contributed by atoms with E-state index in [1.54, 1.807) is 0 Å². The first kappa shape index (κ1) is 18.3. The van der Waals surface area contributed by atoms with E-state index in [4.69, 9.17) is 0 Å². The molecule has 13 heavy (non-hydrogen) atoms. The Morgan fingerprint density at radius 1 is 1.00 bits per heavy atom. The first-order valence-corrected chi connectivity index (χ1v) is 5.46. The average molecular weight is 184 g/mol. The fourth-order valence-corrected chi connectivity index (χ4v) is 0.901. The molecule has 0 aliphatic heterocycles. The second-order valence-electron chi connectivity index (χ2n) is 2.47. The molecule has 1 fully saturated rings. The fourth-order valence-electron chi connectivity index (χ4n) is 0.901. The zero-order valence-electron chi connectivity index (χ0n) is 10.3. The molecule has 0 aromatic carbocycles. The van der Waals surface area contributed by atoms with Crippen molar-refractivity contribution < 1.29 is 0 Å². The van der Waals surface area contributed by atoms with Gasteiger partial charge in [-0.1, -0.05) is 46.3 Å². The van der Waals surface area contributed by atoms with E-state index in [0.29, 0.717) is 0 Å². The van der Waals surface area contributed by atoms with Gasteiger partial charge in [0.25, 0.3) is 0 Å².